The summed E-state index contributed by atoms with van der Waals surface area (Å²) in [5.41, 5.74) is 5.44. The molecule has 0 aromatic heterocycles. The summed E-state index contributed by atoms with van der Waals surface area (Å²) in [4.78, 5) is 24.7. The lowest BCUT2D eigenvalue weighted by molar-refractivity contribution is -0.148. The van der Waals surface area contributed by atoms with Crippen molar-refractivity contribution >= 4 is 11.9 Å². The first-order valence-electron chi connectivity index (χ1n) is 13.1. The minimum atomic E-state index is -0.925. The molecule has 1 aromatic rings. The van der Waals surface area contributed by atoms with E-state index in [0.29, 0.717) is 48.1 Å². The average molecular weight is 535 g/mol. The summed E-state index contributed by atoms with van der Waals surface area (Å²) in [7, 11) is 1.56. The molecular formula is C32H42N2O5. The average Bonchev–Trinajstić information content (AvgIpc) is 2.89. The SMILES string of the molecule is C=C(N\C(C(=C)C)=C(OC)/C(C)=C/C=C(/NC(=O)[C@@H]1CCCC[C@H]1C(=O)O)C(=C)C)OCc1ccccc1C. The van der Waals surface area contributed by atoms with Crippen molar-refractivity contribution in [3.63, 3.8) is 0 Å². The normalized spacial score (nSPS) is 18.4. The van der Waals surface area contributed by atoms with Crippen molar-refractivity contribution < 1.29 is 24.2 Å². The fourth-order valence-electron chi connectivity index (χ4n) is 4.47. The van der Waals surface area contributed by atoms with Gasteiger partial charge in [0.1, 0.15) is 12.4 Å². The molecule has 1 aliphatic carbocycles. The lowest BCUT2D eigenvalue weighted by Crippen LogP contribution is -2.39. The lowest BCUT2D eigenvalue weighted by Gasteiger charge is -2.27. The number of carboxylic acids is 1. The first-order valence-corrected chi connectivity index (χ1v) is 13.1. The van der Waals surface area contributed by atoms with Crippen molar-refractivity contribution in [2.24, 2.45) is 11.8 Å². The number of benzene rings is 1. The Labute approximate surface area is 232 Å². The van der Waals surface area contributed by atoms with E-state index in [1.54, 1.807) is 26.2 Å². The van der Waals surface area contributed by atoms with E-state index in [1.165, 1.54) is 0 Å². The van der Waals surface area contributed by atoms with Crippen molar-refractivity contribution in [3.05, 3.63) is 107 Å². The number of rotatable bonds is 13. The van der Waals surface area contributed by atoms with Crippen molar-refractivity contribution in [3.8, 4) is 0 Å². The zero-order chi connectivity index (χ0) is 29.1. The molecule has 0 bridgehead atoms. The van der Waals surface area contributed by atoms with Gasteiger partial charge in [-0.1, -0.05) is 56.3 Å². The summed E-state index contributed by atoms with van der Waals surface area (Å²) < 4.78 is 11.6. The Bertz CT molecular complexity index is 1200. The van der Waals surface area contributed by atoms with E-state index in [9.17, 15) is 14.7 Å². The fraction of sp³-hybridized carbons (Fsp3) is 0.375. The van der Waals surface area contributed by atoms with E-state index in [1.807, 2.05) is 45.0 Å². The summed E-state index contributed by atoms with van der Waals surface area (Å²) in [5.74, 6) is -1.57. The third-order valence-electron chi connectivity index (χ3n) is 6.78. The Morgan fingerprint density at radius 2 is 1.64 bits per heavy atom. The predicted molar refractivity (Wildman–Crippen MR) is 155 cm³/mol. The number of methoxy groups -OCH3 is 1. The Hall–Kier alpha value is -4.00. The third-order valence-corrected chi connectivity index (χ3v) is 6.78. The van der Waals surface area contributed by atoms with Gasteiger partial charge < -0.3 is 25.2 Å². The van der Waals surface area contributed by atoms with Gasteiger partial charge in [0, 0.05) is 5.70 Å². The summed E-state index contributed by atoms with van der Waals surface area (Å²) in [6.45, 7) is 19.9. The van der Waals surface area contributed by atoms with Crippen LogP contribution < -0.4 is 10.6 Å². The summed E-state index contributed by atoms with van der Waals surface area (Å²) >= 11 is 0. The first-order chi connectivity index (χ1) is 18.5. The molecule has 1 fully saturated rings. The second-order valence-corrected chi connectivity index (χ2v) is 9.99. The highest BCUT2D eigenvalue weighted by Gasteiger charge is 2.35. The zero-order valence-corrected chi connectivity index (χ0v) is 23.9. The third kappa shape index (κ3) is 9.06. The van der Waals surface area contributed by atoms with Gasteiger partial charge >= 0.3 is 5.97 Å². The number of amides is 1. The molecule has 39 heavy (non-hydrogen) atoms. The molecule has 1 amide bonds. The van der Waals surface area contributed by atoms with Crippen LogP contribution in [0.15, 0.2) is 95.9 Å². The maximum absolute atomic E-state index is 13.0. The number of aliphatic carboxylic acids is 1. The molecule has 1 saturated carbocycles. The van der Waals surface area contributed by atoms with Crippen molar-refractivity contribution in [2.45, 2.75) is 60.0 Å². The summed E-state index contributed by atoms with van der Waals surface area (Å²) in [6, 6.07) is 7.98. The van der Waals surface area contributed by atoms with E-state index < -0.39 is 17.8 Å². The maximum atomic E-state index is 13.0. The standard InChI is InChI=1S/C32H42N2O5/c1-20(2)28(34-31(35)26-15-11-12-16-27(26)32(36)37)18-17-23(6)30(38-8)29(21(3)4)33-24(7)39-19-25-14-10-9-13-22(25)5/h9-10,13-14,17-18,26-27,33H,1,3,7,11-12,15-16,19H2,2,4-6,8H3,(H,34,35)(H,36,37)/b23-17+,28-18+,30-29+/t26-,27-/m1/s1. The molecule has 1 aliphatic rings. The number of hydrogen-bond donors (Lipinski definition) is 3. The molecule has 0 saturated heterocycles. The molecule has 2 rings (SSSR count). The number of allylic oxidation sites excluding steroid dienone is 5. The molecule has 3 N–H and O–H groups in total. The molecule has 0 unspecified atom stereocenters. The number of ether oxygens (including phenoxy) is 2. The Morgan fingerprint density at radius 3 is 2.21 bits per heavy atom. The van der Waals surface area contributed by atoms with Crippen LogP contribution in [0, 0.1) is 18.8 Å². The predicted octanol–water partition coefficient (Wildman–Crippen LogP) is 6.42. The largest absolute Gasteiger partial charge is 0.494 e. The van der Waals surface area contributed by atoms with Crippen LogP contribution in [0.1, 0.15) is 57.6 Å². The summed E-state index contributed by atoms with van der Waals surface area (Å²) in [6.07, 6.45) is 6.28. The van der Waals surface area contributed by atoms with Crippen LogP contribution in [0.25, 0.3) is 0 Å². The van der Waals surface area contributed by atoms with Crippen molar-refractivity contribution in [1.29, 1.82) is 0 Å². The maximum Gasteiger partial charge on any atom is 0.307 e. The monoisotopic (exact) mass is 534 g/mol. The highest BCUT2D eigenvalue weighted by molar-refractivity contribution is 5.86. The fourth-order valence-corrected chi connectivity index (χ4v) is 4.47. The minimum absolute atomic E-state index is 0.295. The Balaban J connectivity index is 2.24. The first kappa shape index (κ1) is 31.2. The molecule has 2 atom stereocenters. The van der Waals surface area contributed by atoms with Gasteiger partial charge in [0.25, 0.3) is 0 Å². The van der Waals surface area contributed by atoms with Gasteiger partial charge in [-0.2, -0.15) is 0 Å². The lowest BCUT2D eigenvalue weighted by atomic mass is 9.78. The van der Waals surface area contributed by atoms with E-state index in [-0.39, 0.29) is 5.91 Å². The van der Waals surface area contributed by atoms with Crippen LogP contribution in [0.2, 0.25) is 0 Å². The Morgan fingerprint density at radius 1 is 1.00 bits per heavy atom. The van der Waals surface area contributed by atoms with Gasteiger partial charge in [-0.25, -0.2) is 0 Å². The van der Waals surface area contributed by atoms with Gasteiger partial charge in [0.15, 0.2) is 5.88 Å². The van der Waals surface area contributed by atoms with Gasteiger partial charge in [0.05, 0.1) is 24.6 Å². The summed E-state index contributed by atoms with van der Waals surface area (Å²) in [5, 5.41) is 15.6. The van der Waals surface area contributed by atoms with Crippen LogP contribution in [0.5, 0.6) is 0 Å². The quantitative estimate of drug-likeness (QED) is 0.200. The van der Waals surface area contributed by atoms with Gasteiger partial charge in [-0.3, -0.25) is 9.59 Å². The van der Waals surface area contributed by atoms with Crippen molar-refractivity contribution in [2.75, 3.05) is 7.11 Å². The number of aryl methyl sites for hydroxylation is 1. The number of carbonyl (C=O) groups excluding carboxylic acids is 1. The van der Waals surface area contributed by atoms with Crippen LogP contribution in [-0.4, -0.2) is 24.1 Å². The zero-order valence-electron chi connectivity index (χ0n) is 23.9. The molecule has 1 aromatic carbocycles. The van der Waals surface area contributed by atoms with E-state index in [4.69, 9.17) is 9.47 Å². The van der Waals surface area contributed by atoms with E-state index in [2.05, 4.69) is 30.4 Å². The molecule has 0 aliphatic heterocycles. The van der Waals surface area contributed by atoms with Crippen LogP contribution in [0.3, 0.4) is 0 Å². The molecule has 7 heteroatoms. The van der Waals surface area contributed by atoms with Gasteiger partial charge in [-0.05, 0) is 81.0 Å². The number of hydrogen-bond acceptors (Lipinski definition) is 5. The van der Waals surface area contributed by atoms with Crippen LogP contribution in [0.4, 0.5) is 0 Å². The van der Waals surface area contributed by atoms with Gasteiger partial charge in [-0.15, -0.1) is 0 Å². The molecule has 0 spiro atoms. The molecular weight excluding hydrogens is 492 g/mol. The Kier molecular flexibility index (Phi) is 11.9. The van der Waals surface area contributed by atoms with E-state index in [0.717, 1.165) is 35.1 Å². The number of nitrogens with one attached hydrogen (secondary N) is 2. The number of carboxylic acid groups (broad SMARTS) is 1. The van der Waals surface area contributed by atoms with E-state index >= 15 is 0 Å². The highest BCUT2D eigenvalue weighted by atomic mass is 16.5. The second-order valence-electron chi connectivity index (χ2n) is 9.99. The second kappa shape index (κ2) is 14.8. The molecule has 7 nitrogen and oxygen atoms in total. The van der Waals surface area contributed by atoms with Gasteiger partial charge in [0.2, 0.25) is 5.91 Å². The molecule has 0 heterocycles. The number of carbonyl (C=O) groups is 2. The van der Waals surface area contributed by atoms with Crippen molar-refractivity contribution in [1.82, 2.24) is 10.6 Å². The van der Waals surface area contributed by atoms with Crippen LogP contribution in [-0.2, 0) is 25.7 Å². The highest BCUT2D eigenvalue weighted by Crippen LogP contribution is 2.31. The van der Waals surface area contributed by atoms with Crippen LogP contribution >= 0.6 is 0 Å². The molecule has 210 valence electrons. The molecule has 0 radical (unpaired) electrons. The topological polar surface area (TPSA) is 96.9 Å². The smallest absolute Gasteiger partial charge is 0.307 e. The minimum Gasteiger partial charge on any atom is -0.494 e.